The van der Waals surface area contributed by atoms with Crippen LogP contribution in [0.3, 0.4) is 0 Å². The van der Waals surface area contributed by atoms with Gasteiger partial charge in [-0.2, -0.15) is 5.10 Å². The van der Waals surface area contributed by atoms with Crippen molar-refractivity contribution in [2.24, 2.45) is 7.05 Å². The van der Waals surface area contributed by atoms with E-state index in [4.69, 9.17) is 0 Å². The van der Waals surface area contributed by atoms with Crippen LogP contribution in [0, 0.1) is 13.8 Å². The fraction of sp³-hybridized carbons (Fsp3) is 0.556. The number of hydrogen-bond acceptors (Lipinski definition) is 3. The van der Waals surface area contributed by atoms with Crippen LogP contribution in [0.2, 0.25) is 0 Å². The molecule has 2 aromatic rings. The quantitative estimate of drug-likeness (QED) is 0.851. The van der Waals surface area contributed by atoms with Gasteiger partial charge in [0, 0.05) is 43.3 Å². The van der Waals surface area contributed by atoms with E-state index in [1.54, 1.807) is 0 Å². The van der Waals surface area contributed by atoms with E-state index in [-0.39, 0.29) is 0 Å². The smallest absolute Gasteiger partial charge is 0.0641 e. The van der Waals surface area contributed by atoms with Crippen LogP contribution in [-0.2, 0) is 20.0 Å². The minimum absolute atomic E-state index is 0.701. The summed E-state index contributed by atoms with van der Waals surface area (Å²) in [4.78, 5) is 6.75. The lowest BCUT2D eigenvalue weighted by Gasteiger charge is -2.24. The molecule has 1 aliphatic heterocycles. The van der Waals surface area contributed by atoms with Gasteiger partial charge in [-0.3, -0.25) is 14.6 Å². The molecule has 0 amide bonds. The third kappa shape index (κ3) is 3.22. The van der Waals surface area contributed by atoms with Crippen molar-refractivity contribution in [3.05, 3.63) is 47.0 Å². The highest BCUT2D eigenvalue weighted by Crippen LogP contribution is 2.25. The fourth-order valence-electron chi connectivity index (χ4n) is 3.56. The van der Waals surface area contributed by atoms with Gasteiger partial charge in [0.2, 0.25) is 0 Å². The van der Waals surface area contributed by atoms with Crippen molar-refractivity contribution < 1.29 is 0 Å². The summed E-state index contributed by atoms with van der Waals surface area (Å²) in [6, 6.07) is 4.97. The third-order valence-electron chi connectivity index (χ3n) is 5.03. The molecule has 0 radical (unpaired) electrons. The van der Waals surface area contributed by atoms with Crippen LogP contribution in [0.15, 0.2) is 24.5 Å². The van der Waals surface area contributed by atoms with E-state index in [0.717, 1.165) is 13.0 Å². The highest BCUT2D eigenvalue weighted by Gasteiger charge is 2.25. The van der Waals surface area contributed by atoms with Crippen molar-refractivity contribution in [3.63, 3.8) is 0 Å². The van der Waals surface area contributed by atoms with Crippen LogP contribution in [0.1, 0.15) is 41.8 Å². The maximum absolute atomic E-state index is 4.55. The molecule has 1 aliphatic rings. The molecule has 0 saturated carbocycles. The predicted octanol–water partition coefficient (Wildman–Crippen LogP) is 3.03. The summed E-state index contributed by atoms with van der Waals surface area (Å²) in [5.74, 6) is 0. The Morgan fingerprint density at radius 3 is 2.68 bits per heavy atom. The zero-order chi connectivity index (χ0) is 15.5. The van der Waals surface area contributed by atoms with Crippen LogP contribution in [-0.4, -0.2) is 32.3 Å². The molecule has 2 aromatic heterocycles. The monoisotopic (exact) mass is 298 g/mol. The maximum Gasteiger partial charge on any atom is 0.0641 e. The van der Waals surface area contributed by atoms with Crippen LogP contribution < -0.4 is 0 Å². The first-order valence-corrected chi connectivity index (χ1v) is 8.27. The molecule has 3 rings (SSSR count). The Morgan fingerprint density at radius 1 is 1.23 bits per heavy atom. The first-order valence-electron chi connectivity index (χ1n) is 8.27. The molecule has 1 fully saturated rings. The van der Waals surface area contributed by atoms with E-state index >= 15 is 0 Å². The standard InChI is InChI=1S/C18H26N4/c1-14-18(15(2)21(3)20-14)13-22-12-4-5-17(22)7-6-16-8-10-19-11-9-16/h8-11,17H,4-7,12-13H2,1-3H3. The summed E-state index contributed by atoms with van der Waals surface area (Å²) in [5.41, 5.74) is 5.30. The first kappa shape index (κ1) is 15.2. The topological polar surface area (TPSA) is 34.0 Å². The van der Waals surface area contributed by atoms with Gasteiger partial charge in [0.15, 0.2) is 0 Å². The Kier molecular flexibility index (Phi) is 4.57. The molecule has 0 bridgehead atoms. The van der Waals surface area contributed by atoms with E-state index < -0.39 is 0 Å². The average Bonchev–Trinajstić information content (AvgIpc) is 3.06. The number of likely N-dealkylation sites (tertiary alicyclic amines) is 1. The number of pyridine rings is 1. The largest absolute Gasteiger partial charge is 0.296 e. The van der Waals surface area contributed by atoms with Gasteiger partial charge in [-0.25, -0.2) is 0 Å². The van der Waals surface area contributed by atoms with Gasteiger partial charge in [-0.1, -0.05) is 0 Å². The Labute approximate surface area is 133 Å². The second-order valence-corrected chi connectivity index (χ2v) is 6.43. The van der Waals surface area contributed by atoms with Crippen molar-refractivity contribution in [2.75, 3.05) is 6.54 Å². The summed E-state index contributed by atoms with van der Waals surface area (Å²) in [6.07, 6.45) is 8.81. The molecule has 1 saturated heterocycles. The zero-order valence-corrected chi connectivity index (χ0v) is 13.9. The van der Waals surface area contributed by atoms with Crippen molar-refractivity contribution in [1.29, 1.82) is 0 Å². The summed E-state index contributed by atoms with van der Waals surface area (Å²) >= 11 is 0. The Morgan fingerprint density at radius 2 is 2.00 bits per heavy atom. The van der Waals surface area contributed by atoms with E-state index in [0.29, 0.717) is 6.04 Å². The van der Waals surface area contributed by atoms with Gasteiger partial charge in [-0.05, 0) is 63.8 Å². The van der Waals surface area contributed by atoms with Gasteiger partial charge < -0.3 is 0 Å². The lowest BCUT2D eigenvalue weighted by molar-refractivity contribution is 0.234. The molecule has 1 atom stereocenters. The Bertz CT molecular complexity index is 618. The number of rotatable bonds is 5. The molecule has 3 heterocycles. The summed E-state index contributed by atoms with van der Waals surface area (Å²) in [5, 5.41) is 4.55. The van der Waals surface area contributed by atoms with Crippen LogP contribution in [0.4, 0.5) is 0 Å². The number of hydrogen-bond donors (Lipinski definition) is 0. The molecule has 4 nitrogen and oxygen atoms in total. The lowest BCUT2D eigenvalue weighted by atomic mass is 10.0. The van der Waals surface area contributed by atoms with Gasteiger partial charge in [-0.15, -0.1) is 0 Å². The van der Waals surface area contributed by atoms with Crippen molar-refractivity contribution in [3.8, 4) is 0 Å². The summed E-state index contributed by atoms with van der Waals surface area (Å²) < 4.78 is 2.01. The second kappa shape index (κ2) is 6.61. The van der Waals surface area contributed by atoms with Gasteiger partial charge in [0.1, 0.15) is 0 Å². The molecule has 0 aliphatic carbocycles. The zero-order valence-electron chi connectivity index (χ0n) is 13.9. The first-order chi connectivity index (χ1) is 10.6. The molecule has 118 valence electrons. The molecule has 1 unspecified atom stereocenters. The van der Waals surface area contributed by atoms with E-state index in [2.05, 4.69) is 41.0 Å². The summed E-state index contributed by atoms with van der Waals surface area (Å²) in [7, 11) is 2.04. The molecular weight excluding hydrogens is 272 g/mol. The fourth-order valence-corrected chi connectivity index (χ4v) is 3.56. The number of aryl methyl sites for hydroxylation is 3. The molecule has 0 aromatic carbocycles. The minimum Gasteiger partial charge on any atom is -0.296 e. The van der Waals surface area contributed by atoms with Gasteiger partial charge >= 0.3 is 0 Å². The lowest BCUT2D eigenvalue weighted by Crippen LogP contribution is -2.29. The van der Waals surface area contributed by atoms with Crippen molar-refractivity contribution in [2.45, 2.75) is 52.1 Å². The molecule has 4 heteroatoms. The highest BCUT2D eigenvalue weighted by atomic mass is 15.3. The Balaban J connectivity index is 1.63. The minimum atomic E-state index is 0.701. The Hall–Kier alpha value is -1.68. The van der Waals surface area contributed by atoms with Gasteiger partial charge in [0.25, 0.3) is 0 Å². The van der Waals surface area contributed by atoms with Gasteiger partial charge in [0.05, 0.1) is 5.69 Å². The molecule has 0 spiro atoms. The average molecular weight is 298 g/mol. The van der Waals surface area contributed by atoms with Crippen molar-refractivity contribution >= 4 is 0 Å². The van der Waals surface area contributed by atoms with Crippen LogP contribution in [0.5, 0.6) is 0 Å². The molecule has 22 heavy (non-hydrogen) atoms. The van der Waals surface area contributed by atoms with Crippen LogP contribution >= 0.6 is 0 Å². The highest BCUT2D eigenvalue weighted by molar-refractivity contribution is 5.24. The molecule has 0 N–H and O–H groups in total. The third-order valence-corrected chi connectivity index (χ3v) is 5.03. The second-order valence-electron chi connectivity index (χ2n) is 6.43. The summed E-state index contributed by atoms with van der Waals surface area (Å²) in [6.45, 7) is 6.57. The predicted molar refractivity (Wildman–Crippen MR) is 88.7 cm³/mol. The maximum atomic E-state index is 4.55. The van der Waals surface area contributed by atoms with E-state index in [1.165, 1.54) is 48.3 Å². The van der Waals surface area contributed by atoms with E-state index in [1.807, 2.05) is 24.1 Å². The van der Waals surface area contributed by atoms with Crippen LogP contribution in [0.25, 0.3) is 0 Å². The SMILES string of the molecule is Cc1nn(C)c(C)c1CN1CCCC1CCc1ccncc1. The number of aromatic nitrogens is 3. The van der Waals surface area contributed by atoms with Crippen molar-refractivity contribution in [1.82, 2.24) is 19.7 Å². The molecular formula is C18H26N4. The normalized spacial score (nSPS) is 19.0. The number of nitrogens with zero attached hydrogens (tertiary/aromatic N) is 4. The van der Waals surface area contributed by atoms with E-state index in [9.17, 15) is 0 Å².